The predicted octanol–water partition coefficient (Wildman–Crippen LogP) is 1.88. The molecule has 5 nitrogen and oxygen atoms in total. The van der Waals surface area contributed by atoms with Crippen LogP contribution in [0.2, 0.25) is 0 Å². The third-order valence-electron chi connectivity index (χ3n) is 2.79. The van der Waals surface area contributed by atoms with Crippen LogP contribution >= 0.6 is 0 Å². The van der Waals surface area contributed by atoms with Crippen LogP contribution in [0.4, 0.5) is 0 Å². The molecule has 0 aliphatic carbocycles. The van der Waals surface area contributed by atoms with Gasteiger partial charge in [0.2, 0.25) is 11.8 Å². The molecular weight excluding hydrogens is 242 g/mol. The van der Waals surface area contributed by atoms with Gasteiger partial charge in [0, 0.05) is 19.9 Å². The Morgan fingerprint density at radius 3 is 2.53 bits per heavy atom. The monoisotopic (exact) mass is 267 g/mol. The molecule has 0 saturated heterocycles. The van der Waals surface area contributed by atoms with Gasteiger partial charge in [0.15, 0.2) is 0 Å². The third kappa shape index (κ3) is 11.3. The SMILES string of the molecule is CCCCC(C#N)NC(=O)CCCCCNC(C)=O. The topological polar surface area (TPSA) is 82.0 Å². The summed E-state index contributed by atoms with van der Waals surface area (Å²) in [5, 5.41) is 14.3. The van der Waals surface area contributed by atoms with Crippen LogP contribution in [0, 0.1) is 11.3 Å². The fraction of sp³-hybridized carbons (Fsp3) is 0.786. The molecule has 0 rings (SSSR count). The highest BCUT2D eigenvalue weighted by atomic mass is 16.2. The second kappa shape index (κ2) is 11.5. The number of carbonyl (C=O) groups is 2. The smallest absolute Gasteiger partial charge is 0.221 e. The van der Waals surface area contributed by atoms with Gasteiger partial charge in [-0.15, -0.1) is 0 Å². The summed E-state index contributed by atoms with van der Waals surface area (Å²) in [6.07, 6.45) is 5.72. The largest absolute Gasteiger partial charge is 0.356 e. The van der Waals surface area contributed by atoms with Crippen molar-refractivity contribution < 1.29 is 9.59 Å². The molecule has 1 atom stereocenters. The van der Waals surface area contributed by atoms with Crippen LogP contribution in [0.15, 0.2) is 0 Å². The summed E-state index contributed by atoms with van der Waals surface area (Å²) >= 11 is 0. The molecule has 0 spiro atoms. The highest BCUT2D eigenvalue weighted by Crippen LogP contribution is 2.02. The summed E-state index contributed by atoms with van der Waals surface area (Å²) in [7, 11) is 0. The maximum absolute atomic E-state index is 11.6. The van der Waals surface area contributed by atoms with Crippen molar-refractivity contribution in [2.24, 2.45) is 0 Å². The van der Waals surface area contributed by atoms with Gasteiger partial charge in [0.1, 0.15) is 6.04 Å². The molecule has 5 heteroatoms. The minimum Gasteiger partial charge on any atom is -0.356 e. The lowest BCUT2D eigenvalue weighted by molar-refractivity contribution is -0.122. The Labute approximate surface area is 115 Å². The maximum atomic E-state index is 11.6. The third-order valence-corrected chi connectivity index (χ3v) is 2.79. The van der Waals surface area contributed by atoms with E-state index in [2.05, 4.69) is 23.6 Å². The first-order chi connectivity index (χ1) is 9.10. The van der Waals surface area contributed by atoms with Crippen molar-refractivity contribution in [2.75, 3.05) is 6.54 Å². The summed E-state index contributed by atoms with van der Waals surface area (Å²) in [5.74, 6) is -0.0762. The second-order valence-corrected chi connectivity index (χ2v) is 4.69. The average Bonchev–Trinajstić information content (AvgIpc) is 2.38. The Hall–Kier alpha value is -1.57. The number of hydrogen-bond acceptors (Lipinski definition) is 3. The first-order valence-corrected chi connectivity index (χ1v) is 7.03. The lowest BCUT2D eigenvalue weighted by Gasteiger charge is -2.10. The molecule has 0 saturated carbocycles. The van der Waals surface area contributed by atoms with Crippen molar-refractivity contribution in [1.29, 1.82) is 5.26 Å². The van der Waals surface area contributed by atoms with Crippen LogP contribution in [0.25, 0.3) is 0 Å². The zero-order valence-electron chi connectivity index (χ0n) is 12.0. The normalized spacial score (nSPS) is 11.4. The molecule has 1 unspecified atom stereocenters. The van der Waals surface area contributed by atoms with E-state index >= 15 is 0 Å². The van der Waals surface area contributed by atoms with E-state index in [4.69, 9.17) is 5.26 Å². The molecule has 2 N–H and O–H groups in total. The quantitative estimate of drug-likeness (QED) is 0.593. The van der Waals surface area contributed by atoms with Crippen molar-refractivity contribution in [2.45, 2.75) is 64.8 Å². The second-order valence-electron chi connectivity index (χ2n) is 4.69. The lowest BCUT2D eigenvalue weighted by Crippen LogP contribution is -2.33. The molecule has 0 fully saturated rings. The predicted molar refractivity (Wildman–Crippen MR) is 74.2 cm³/mol. The molecule has 0 radical (unpaired) electrons. The van der Waals surface area contributed by atoms with Gasteiger partial charge >= 0.3 is 0 Å². The maximum Gasteiger partial charge on any atom is 0.221 e. The van der Waals surface area contributed by atoms with Gasteiger partial charge in [-0.25, -0.2) is 0 Å². The Morgan fingerprint density at radius 2 is 1.95 bits per heavy atom. The van der Waals surface area contributed by atoms with E-state index in [-0.39, 0.29) is 17.9 Å². The number of rotatable bonds is 10. The highest BCUT2D eigenvalue weighted by Gasteiger charge is 2.10. The van der Waals surface area contributed by atoms with E-state index in [1.807, 2.05) is 0 Å². The van der Waals surface area contributed by atoms with E-state index in [0.29, 0.717) is 13.0 Å². The summed E-state index contributed by atoms with van der Waals surface area (Å²) in [5.41, 5.74) is 0. The van der Waals surface area contributed by atoms with E-state index in [1.54, 1.807) is 0 Å². The zero-order chi connectivity index (χ0) is 14.5. The van der Waals surface area contributed by atoms with Gasteiger partial charge in [-0.3, -0.25) is 9.59 Å². The Morgan fingerprint density at radius 1 is 1.21 bits per heavy atom. The summed E-state index contributed by atoms with van der Waals surface area (Å²) in [6.45, 7) is 4.21. The van der Waals surface area contributed by atoms with E-state index in [9.17, 15) is 9.59 Å². The molecule has 0 aromatic carbocycles. The molecule has 0 aliphatic rings. The van der Waals surface area contributed by atoms with Gasteiger partial charge in [0.25, 0.3) is 0 Å². The molecular formula is C14H25N3O2. The molecule has 108 valence electrons. The fourth-order valence-electron chi connectivity index (χ4n) is 1.70. The van der Waals surface area contributed by atoms with E-state index < -0.39 is 0 Å². The van der Waals surface area contributed by atoms with E-state index in [0.717, 1.165) is 38.5 Å². The first-order valence-electron chi connectivity index (χ1n) is 7.03. The Bertz CT molecular complexity index is 310. The molecule has 2 amide bonds. The number of unbranched alkanes of at least 4 members (excludes halogenated alkanes) is 3. The lowest BCUT2D eigenvalue weighted by atomic mass is 10.1. The van der Waals surface area contributed by atoms with Crippen LogP contribution in [0.1, 0.15) is 58.8 Å². The number of nitrogens with zero attached hydrogens (tertiary/aromatic N) is 1. The van der Waals surface area contributed by atoms with Gasteiger partial charge in [-0.05, 0) is 19.3 Å². The van der Waals surface area contributed by atoms with Crippen LogP contribution in [-0.4, -0.2) is 24.4 Å². The number of amides is 2. The Kier molecular flexibility index (Phi) is 10.6. The average molecular weight is 267 g/mol. The summed E-state index contributed by atoms with van der Waals surface area (Å²) in [4.78, 5) is 22.2. The van der Waals surface area contributed by atoms with Crippen LogP contribution < -0.4 is 10.6 Å². The number of carbonyl (C=O) groups excluding carboxylic acids is 2. The molecule has 0 bridgehead atoms. The van der Waals surface area contributed by atoms with Gasteiger partial charge < -0.3 is 10.6 Å². The van der Waals surface area contributed by atoms with Crippen molar-refractivity contribution in [3.8, 4) is 6.07 Å². The van der Waals surface area contributed by atoms with Crippen molar-refractivity contribution in [3.05, 3.63) is 0 Å². The minimum atomic E-state index is -0.355. The summed E-state index contributed by atoms with van der Waals surface area (Å²) < 4.78 is 0. The van der Waals surface area contributed by atoms with Crippen LogP contribution in [-0.2, 0) is 9.59 Å². The molecule has 0 aromatic rings. The minimum absolute atomic E-state index is 0.0227. The van der Waals surface area contributed by atoms with Crippen LogP contribution in [0.3, 0.4) is 0 Å². The van der Waals surface area contributed by atoms with Crippen molar-refractivity contribution in [1.82, 2.24) is 10.6 Å². The van der Waals surface area contributed by atoms with Crippen molar-refractivity contribution >= 4 is 11.8 Å². The van der Waals surface area contributed by atoms with Gasteiger partial charge in [0.05, 0.1) is 6.07 Å². The molecule has 0 heterocycles. The fourth-order valence-corrected chi connectivity index (χ4v) is 1.70. The van der Waals surface area contributed by atoms with E-state index in [1.165, 1.54) is 6.92 Å². The summed E-state index contributed by atoms with van der Waals surface area (Å²) in [6, 6.07) is 1.76. The highest BCUT2D eigenvalue weighted by molar-refractivity contribution is 5.76. The van der Waals surface area contributed by atoms with Gasteiger partial charge in [-0.1, -0.05) is 26.2 Å². The molecule has 0 aromatic heterocycles. The molecule has 19 heavy (non-hydrogen) atoms. The molecule has 0 aliphatic heterocycles. The zero-order valence-corrected chi connectivity index (χ0v) is 12.0. The number of nitrogens with one attached hydrogen (secondary N) is 2. The number of hydrogen-bond donors (Lipinski definition) is 2. The van der Waals surface area contributed by atoms with Gasteiger partial charge in [-0.2, -0.15) is 5.26 Å². The standard InChI is InChI=1S/C14H25N3O2/c1-3-4-8-13(11-15)17-14(19)9-6-5-7-10-16-12(2)18/h13H,3-10H2,1-2H3,(H,16,18)(H,17,19). The van der Waals surface area contributed by atoms with Crippen molar-refractivity contribution in [3.63, 3.8) is 0 Å². The van der Waals surface area contributed by atoms with Crippen LogP contribution in [0.5, 0.6) is 0 Å². The Balaban J connectivity index is 3.57. The first kappa shape index (κ1) is 17.4. The number of nitriles is 1.